The first-order valence-electron chi connectivity index (χ1n) is 7.91. The second-order valence-corrected chi connectivity index (χ2v) is 7.20. The van der Waals surface area contributed by atoms with Crippen molar-refractivity contribution in [3.8, 4) is 0 Å². The molecule has 2 fully saturated rings. The summed E-state index contributed by atoms with van der Waals surface area (Å²) in [6.45, 7) is 0.636. The predicted molar refractivity (Wildman–Crippen MR) is 79.4 cm³/mol. The van der Waals surface area contributed by atoms with Crippen LogP contribution < -0.4 is 11.5 Å². The summed E-state index contributed by atoms with van der Waals surface area (Å²) >= 11 is 0. The van der Waals surface area contributed by atoms with Crippen LogP contribution >= 0.6 is 8.25 Å². The Labute approximate surface area is 122 Å². The minimum absolute atomic E-state index is 0.0245. The maximum absolute atomic E-state index is 11.7. The third kappa shape index (κ3) is 5.05. The second-order valence-electron chi connectivity index (χ2n) is 6.23. The fourth-order valence-electron chi connectivity index (χ4n) is 3.37. The van der Waals surface area contributed by atoms with E-state index in [2.05, 4.69) is 0 Å². The molecule has 0 aromatic heterocycles. The van der Waals surface area contributed by atoms with E-state index in [1.807, 2.05) is 0 Å². The van der Waals surface area contributed by atoms with Gasteiger partial charge in [0.2, 0.25) is 0 Å². The fourth-order valence-corrected chi connectivity index (χ4v) is 4.04. The Morgan fingerprint density at radius 1 is 0.850 bits per heavy atom. The monoisotopic (exact) mass is 303 g/mol. The van der Waals surface area contributed by atoms with Gasteiger partial charge in [0.05, 0.1) is 0 Å². The molecule has 0 amide bonds. The molecule has 0 heterocycles. The molecular formula is C14H28N2O3P+. The summed E-state index contributed by atoms with van der Waals surface area (Å²) in [5, 5.41) is 0. The highest BCUT2D eigenvalue weighted by molar-refractivity contribution is 7.33. The van der Waals surface area contributed by atoms with Gasteiger partial charge in [-0.1, -0.05) is 25.7 Å². The molecule has 0 spiro atoms. The van der Waals surface area contributed by atoms with E-state index < -0.39 is 8.25 Å². The molecule has 116 valence electrons. The van der Waals surface area contributed by atoms with Crippen molar-refractivity contribution in [1.29, 1.82) is 0 Å². The molecule has 5 nitrogen and oxygen atoms in total. The molecule has 0 radical (unpaired) electrons. The minimum Gasteiger partial charge on any atom is -0.325 e. The van der Waals surface area contributed by atoms with Crippen molar-refractivity contribution in [3.63, 3.8) is 0 Å². The van der Waals surface area contributed by atoms with Gasteiger partial charge in [-0.15, -0.1) is 9.05 Å². The molecule has 2 aliphatic carbocycles. The maximum Gasteiger partial charge on any atom is 0.697 e. The lowest BCUT2D eigenvalue weighted by molar-refractivity contribution is 0.181. The molecule has 0 aliphatic heterocycles. The minimum atomic E-state index is -2.08. The summed E-state index contributed by atoms with van der Waals surface area (Å²) in [6.07, 6.45) is 9.63. The molecule has 20 heavy (non-hydrogen) atoms. The van der Waals surface area contributed by atoms with Crippen LogP contribution in [0.3, 0.4) is 0 Å². The van der Waals surface area contributed by atoms with Gasteiger partial charge in [0.25, 0.3) is 0 Å². The summed E-state index contributed by atoms with van der Waals surface area (Å²) in [4.78, 5) is 0. The van der Waals surface area contributed by atoms with Crippen molar-refractivity contribution >= 4 is 8.25 Å². The maximum atomic E-state index is 11.7. The van der Waals surface area contributed by atoms with Crippen molar-refractivity contribution in [2.75, 3.05) is 13.2 Å². The van der Waals surface area contributed by atoms with E-state index in [0.29, 0.717) is 25.0 Å². The van der Waals surface area contributed by atoms with Crippen LogP contribution in [-0.4, -0.2) is 25.3 Å². The Bertz CT molecular complexity index is 277. The van der Waals surface area contributed by atoms with Crippen LogP contribution in [0.5, 0.6) is 0 Å². The Morgan fingerprint density at radius 2 is 1.20 bits per heavy atom. The van der Waals surface area contributed by atoms with Gasteiger partial charge in [0.15, 0.2) is 0 Å². The Kier molecular flexibility index (Phi) is 6.85. The quantitative estimate of drug-likeness (QED) is 0.673. The first kappa shape index (κ1) is 16.3. The van der Waals surface area contributed by atoms with E-state index in [1.54, 1.807) is 0 Å². The average molecular weight is 303 g/mol. The molecule has 2 rings (SSSR count). The van der Waals surface area contributed by atoms with Gasteiger partial charge in [-0.2, -0.15) is 0 Å². The molecule has 2 aliphatic rings. The van der Waals surface area contributed by atoms with Crippen LogP contribution in [0.15, 0.2) is 0 Å². The highest BCUT2D eigenvalue weighted by atomic mass is 31.1. The molecule has 2 atom stereocenters. The van der Waals surface area contributed by atoms with Crippen LogP contribution in [0, 0.1) is 11.8 Å². The standard InChI is InChI=1S/C14H28N2O3P/c15-13(11-5-1-2-6-11)9-18-20(17)19-10-14(16)12-7-3-4-8-12/h11-14H,1-10,15-16H2/q+1. The van der Waals surface area contributed by atoms with E-state index >= 15 is 0 Å². The predicted octanol–water partition coefficient (Wildman–Crippen LogP) is 2.71. The van der Waals surface area contributed by atoms with E-state index in [4.69, 9.17) is 20.5 Å². The summed E-state index contributed by atoms with van der Waals surface area (Å²) < 4.78 is 22.1. The number of hydrogen-bond donors (Lipinski definition) is 2. The van der Waals surface area contributed by atoms with E-state index in [-0.39, 0.29) is 12.1 Å². The first-order valence-corrected chi connectivity index (χ1v) is 9.00. The smallest absolute Gasteiger partial charge is 0.325 e. The van der Waals surface area contributed by atoms with E-state index in [9.17, 15) is 4.57 Å². The lowest BCUT2D eigenvalue weighted by Crippen LogP contribution is -2.33. The average Bonchev–Trinajstić information content (AvgIpc) is 3.14. The zero-order chi connectivity index (χ0) is 14.4. The second kappa shape index (κ2) is 8.40. The van der Waals surface area contributed by atoms with Crippen molar-refractivity contribution < 1.29 is 13.6 Å². The van der Waals surface area contributed by atoms with Gasteiger partial charge in [0, 0.05) is 16.6 Å². The zero-order valence-electron chi connectivity index (χ0n) is 12.2. The molecule has 2 unspecified atom stereocenters. The van der Waals surface area contributed by atoms with Gasteiger partial charge in [-0.3, -0.25) is 0 Å². The van der Waals surface area contributed by atoms with E-state index in [1.165, 1.54) is 25.7 Å². The molecule has 2 saturated carbocycles. The molecule has 0 aromatic carbocycles. The van der Waals surface area contributed by atoms with E-state index in [0.717, 1.165) is 25.7 Å². The number of rotatable bonds is 8. The summed E-state index contributed by atoms with van der Waals surface area (Å²) in [5.41, 5.74) is 12.1. The normalized spacial score (nSPS) is 25.0. The summed E-state index contributed by atoms with van der Waals surface area (Å²) in [5.74, 6) is 1.03. The number of hydrogen-bond acceptors (Lipinski definition) is 5. The van der Waals surface area contributed by atoms with Crippen molar-refractivity contribution in [3.05, 3.63) is 0 Å². The molecule has 0 aromatic rings. The first-order chi connectivity index (χ1) is 9.66. The Balaban J connectivity index is 1.57. The topological polar surface area (TPSA) is 87.6 Å². The van der Waals surface area contributed by atoms with Crippen molar-refractivity contribution in [2.24, 2.45) is 23.3 Å². The SMILES string of the molecule is NC(CO[P+](=O)OCC(N)C1CCCC1)C1CCCC1. The van der Waals surface area contributed by atoms with Gasteiger partial charge >= 0.3 is 8.25 Å². The lowest BCUT2D eigenvalue weighted by atomic mass is 10.0. The molecular weight excluding hydrogens is 275 g/mol. The zero-order valence-corrected chi connectivity index (χ0v) is 13.1. The fraction of sp³-hybridized carbons (Fsp3) is 1.00. The van der Waals surface area contributed by atoms with Crippen LogP contribution in [0.2, 0.25) is 0 Å². The van der Waals surface area contributed by atoms with Gasteiger partial charge in [0.1, 0.15) is 13.2 Å². The van der Waals surface area contributed by atoms with Gasteiger partial charge in [-0.25, -0.2) is 0 Å². The largest absolute Gasteiger partial charge is 0.697 e. The molecule has 0 bridgehead atoms. The third-order valence-corrected chi connectivity index (χ3v) is 5.48. The van der Waals surface area contributed by atoms with Crippen molar-refractivity contribution in [2.45, 2.75) is 63.5 Å². The van der Waals surface area contributed by atoms with Crippen LogP contribution in [0.1, 0.15) is 51.4 Å². The molecule has 0 saturated heterocycles. The van der Waals surface area contributed by atoms with Gasteiger partial charge < -0.3 is 11.5 Å². The molecule has 6 heteroatoms. The molecule has 4 N–H and O–H groups in total. The Morgan fingerprint density at radius 3 is 1.55 bits per heavy atom. The van der Waals surface area contributed by atoms with Crippen molar-refractivity contribution in [1.82, 2.24) is 0 Å². The van der Waals surface area contributed by atoms with Gasteiger partial charge in [-0.05, 0) is 37.5 Å². The highest BCUT2D eigenvalue weighted by Crippen LogP contribution is 2.31. The number of nitrogens with two attached hydrogens (primary N) is 2. The third-order valence-electron chi connectivity index (χ3n) is 4.76. The van der Waals surface area contributed by atoms with Crippen LogP contribution in [-0.2, 0) is 13.6 Å². The lowest BCUT2D eigenvalue weighted by Gasteiger charge is -2.16. The van der Waals surface area contributed by atoms with Crippen LogP contribution in [0.25, 0.3) is 0 Å². The van der Waals surface area contributed by atoms with Crippen LogP contribution in [0.4, 0.5) is 0 Å². The summed E-state index contributed by atoms with van der Waals surface area (Å²) in [6, 6.07) is -0.0490. The highest BCUT2D eigenvalue weighted by Gasteiger charge is 2.30. The summed E-state index contributed by atoms with van der Waals surface area (Å²) in [7, 11) is -2.08. The Hall–Kier alpha value is -0.0600.